The molecule has 1 aliphatic rings. The van der Waals surface area contributed by atoms with Gasteiger partial charge < -0.3 is 14.2 Å². The minimum atomic E-state index is 0.937. The van der Waals surface area contributed by atoms with Crippen molar-refractivity contribution in [2.75, 3.05) is 4.90 Å². The molecule has 10 aromatic rings. The lowest BCUT2D eigenvalue weighted by Gasteiger charge is -2.26. The number of hydrogen-bond donors (Lipinski definition) is 0. The lowest BCUT2D eigenvalue weighted by Crippen LogP contribution is -2.10. The van der Waals surface area contributed by atoms with Crippen molar-refractivity contribution >= 4 is 81.1 Å². The lowest BCUT2D eigenvalue weighted by atomic mass is 9.97. The first-order valence-electron chi connectivity index (χ1n) is 16.9. The van der Waals surface area contributed by atoms with Gasteiger partial charge in [0.05, 0.1) is 11.0 Å². The van der Waals surface area contributed by atoms with E-state index in [4.69, 9.17) is 4.74 Å². The molecule has 0 amide bonds. The van der Waals surface area contributed by atoms with Crippen LogP contribution in [0.3, 0.4) is 0 Å². The first-order chi connectivity index (χ1) is 24.8. The molecular weight excluding hydrogens is 629 g/mol. The normalized spacial score (nSPS) is 12.2. The average molecular weight is 657 g/mol. The maximum absolute atomic E-state index is 6.58. The summed E-state index contributed by atoms with van der Waals surface area (Å²) in [5.41, 5.74) is 9.15. The lowest BCUT2D eigenvalue weighted by molar-refractivity contribution is 0.493. The molecule has 0 unspecified atom stereocenters. The summed E-state index contributed by atoms with van der Waals surface area (Å²) in [6, 6.07) is 61.1. The minimum Gasteiger partial charge on any atom is -0.456 e. The Bertz CT molecular complexity index is 2940. The van der Waals surface area contributed by atoms with E-state index < -0.39 is 0 Å². The van der Waals surface area contributed by atoms with Crippen LogP contribution in [0.15, 0.2) is 170 Å². The van der Waals surface area contributed by atoms with Crippen molar-refractivity contribution in [3.63, 3.8) is 0 Å². The summed E-state index contributed by atoms with van der Waals surface area (Å²) in [5, 5.41) is 7.49. The fourth-order valence-electron chi connectivity index (χ4n) is 7.93. The molecule has 0 bridgehead atoms. The number of thiophene rings is 1. The summed E-state index contributed by atoms with van der Waals surface area (Å²) in [6.07, 6.45) is 0. The Kier molecular flexibility index (Phi) is 5.83. The van der Waals surface area contributed by atoms with Gasteiger partial charge in [-0.15, -0.1) is 11.3 Å². The molecular formula is C46H28N2OS. The molecule has 0 saturated carbocycles. The molecule has 0 radical (unpaired) electrons. The van der Waals surface area contributed by atoms with Crippen LogP contribution in [0.1, 0.15) is 0 Å². The number of aromatic nitrogens is 1. The van der Waals surface area contributed by atoms with Crippen molar-refractivity contribution in [1.82, 2.24) is 4.57 Å². The summed E-state index contributed by atoms with van der Waals surface area (Å²) in [6.45, 7) is 0. The third kappa shape index (κ3) is 4.03. The highest BCUT2D eigenvalue weighted by atomic mass is 32.1. The van der Waals surface area contributed by atoms with E-state index in [1.54, 1.807) is 0 Å². The molecule has 11 rings (SSSR count). The van der Waals surface area contributed by atoms with Crippen molar-refractivity contribution in [3.8, 4) is 28.3 Å². The molecule has 3 heterocycles. The second-order valence-corrected chi connectivity index (χ2v) is 14.0. The second kappa shape index (κ2) is 10.6. The van der Waals surface area contributed by atoms with Crippen LogP contribution in [-0.4, -0.2) is 4.57 Å². The van der Waals surface area contributed by atoms with Crippen molar-refractivity contribution in [3.05, 3.63) is 170 Å². The Morgan fingerprint density at radius 2 is 1.18 bits per heavy atom. The van der Waals surface area contributed by atoms with Gasteiger partial charge in [0, 0.05) is 59.1 Å². The highest BCUT2D eigenvalue weighted by Crippen LogP contribution is 2.51. The third-order valence-corrected chi connectivity index (χ3v) is 11.2. The van der Waals surface area contributed by atoms with E-state index in [0.717, 1.165) is 45.4 Å². The van der Waals surface area contributed by atoms with Gasteiger partial charge in [0.15, 0.2) is 0 Å². The quantitative estimate of drug-likeness (QED) is 0.183. The summed E-state index contributed by atoms with van der Waals surface area (Å²) in [4.78, 5) is 2.35. The van der Waals surface area contributed by atoms with Crippen molar-refractivity contribution in [2.24, 2.45) is 0 Å². The van der Waals surface area contributed by atoms with Crippen LogP contribution in [0, 0.1) is 0 Å². The summed E-state index contributed by atoms with van der Waals surface area (Å²) in [7, 11) is 0. The van der Waals surface area contributed by atoms with E-state index in [1.807, 2.05) is 11.3 Å². The molecule has 0 atom stereocenters. The van der Waals surface area contributed by atoms with Gasteiger partial charge in [-0.3, -0.25) is 0 Å². The Balaban J connectivity index is 1.05. The molecule has 0 spiro atoms. The summed E-state index contributed by atoms with van der Waals surface area (Å²) in [5.74, 6) is 1.88. The molecule has 50 heavy (non-hydrogen) atoms. The van der Waals surface area contributed by atoms with E-state index in [-0.39, 0.29) is 0 Å². The third-order valence-electron chi connectivity index (χ3n) is 10.1. The zero-order chi connectivity index (χ0) is 32.8. The van der Waals surface area contributed by atoms with E-state index in [9.17, 15) is 0 Å². The number of para-hydroxylation sites is 3. The maximum atomic E-state index is 6.58. The summed E-state index contributed by atoms with van der Waals surface area (Å²) < 4.78 is 11.5. The molecule has 4 heteroatoms. The van der Waals surface area contributed by atoms with Gasteiger partial charge in [0.2, 0.25) is 0 Å². The molecule has 3 nitrogen and oxygen atoms in total. The fourth-order valence-corrected chi connectivity index (χ4v) is 9.10. The zero-order valence-corrected chi connectivity index (χ0v) is 27.7. The summed E-state index contributed by atoms with van der Waals surface area (Å²) >= 11 is 1.85. The first kappa shape index (κ1) is 27.6. The molecule has 8 aromatic carbocycles. The number of nitrogens with zero attached hydrogens (tertiary/aromatic N) is 2. The smallest absolute Gasteiger partial charge is 0.137 e. The molecule has 2 aromatic heterocycles. The number of ether oxygens (including phenoxy) is 1. The maximum Gasteiger partial charge on any atom is 0.137 e. The monoisotopic (exact) mass is 656 g/mol. The van der Waals surface area contributed by atoms with Gasteiger partial charge in [0.25, 0.3) is 0 Å². The highest BCUT2D eigenvalue weighted by molar-refractivity contribution is 7.26. The topological polar surface area (TPSA) is 17.4 Å². The van der Waals surface area contributed by atoms with Crippen LogP contribution in [0.2, 0.25) is 0 Å². The average Bonchev–Trinajstić information content (AvgIpc) is 3.72. The first-order valence-corrected chi connectivity index (χ1v) is 17.7. The number of fused-ring (bicyclic) bond motifs is 3. The number of anilines is 3. The Morgan fingerprint density at radius 1 is 0.440 bits per heavy atom. The Labute approximate surface area is 292 Å². The van der Waals surface area contributed by atoms with E-state index >= 15 is 0 Å². The molecule has 0 aliphatic carbocycles. The second-order valence-electron chi connectivity index (χ2n) is 13.0. The Morgan fingerprint density at radius 3 is 2.04 bits per heavy atom. The van der Waals surface area contributed by atoms with Crippen molar-refractivity contribution in [1.29, 1.82) is 0 Å². The minimum absolute atomic E-state index is 0.937. The van der Waals surface area contributed by atoms with Crippen LogP contribution in [0.25, 0.3) is 69.6 Å². The number of hydrogen-bond acceptors (Lipinski definition) is 3. The van der Waals surface area contributed by atoms with E-state index in [2.05, 4.69) is 179 Å². The van der Waals surface area contributed by atoms with Crippen molar-refractivity contribution < 1.29 is 4.74 Å². The molecule has 234 valence electrons. The molecule has 0 saturated heterocycles. The zero-order valence-electron chi connectivity index (χ0n) is 26.9. The highest BCUT2D eigenvalue weighted by Gasteiger charge is 2.23. The van der Waals surface area contributed by atoms with Gasteiger partial charge in [-0.1, -0.05) is 91.0 Å². The largest absolute Gasteiger partial charge is 0.456 e. The SMILES string of the molecule is c1ccc(N(c2ccc(-c3cc4c5c(c3)sc3ccc6cccc(c6c35)O4)cc2)c2ccc3c4ccccc4n(-c4ccccc4)c3c2)cc1. The van der Waals surface area contributed by atoms with Gasteiger partial charge in [-0.2, -0.15) is 0 Å². The van der Waals surface area contributed by atoms with Crippen LogP contribution < -0.4 is 9.64 Å². The van der Waals surface area contributed by atoms with Gasteiger partial charge >= 0.3 is 0 Å². The van der Waals surface area contributed by atoms with E-state index in [1.165, 1.54) is 52.8 Å². The van der Waals surface area contributed by atoms with Crippen LogP contribution >= 0.6 is 11.3 Å². The van der Waals surface area contributed by atoms with Gasteiger partial charge in [-0.25, -0.2) is 0 Å². The standard InChI is InChI=1S/C46H28N2OS/c1-3-11-32(12-4-1)47(35-23-24-37-36-15-7-8-16-38(36)48(39(37)28-35)33-13-5-2-6-14-33)34-21-18-29(19-22-34)31-26-41-45-43(27-31)50-42-25-20-30-10-9-17-40(49-41)44(30)46(42)45/h1-28H. The van der Waals surface area contributed by atoms with Gasteiger partial charge in [0.1, 0.15) is 11.5 Å². The number of benzene rings is 8. The predicted molar refractivity (Wildman–Crippen MR) is 211 cm³/mol. The molecule has 1 aliphatic heterocycles. The van der Waals surface area contributed by atoms with Crippen LogP contribution in [-0.2, 0) is 0 Å². The van der Waals surface area contributed by atoms with Crippen molar-refractivity contribution in [2.45, 2.75) is 0 Å². The van der Waals surface area contributed by atoms with Crippen LogP contribution in [0.4, 0.5) is 17.1 Å². The predicted octanol–water partition coefficient (Wildman–Crippen LogP) is 13.5. The van der Waals surface area contributed by atoms with Crippen LogP contribution in [0.5, 0.6) is 11.5 Å². The Hall–Kier alpha value is -6.36. The molecule has 0 fully saturated rings. The molecule has 0 N–H and O–H groups in total. The number of rotatable bonds is 5. The van der Waals surface area contributed by atoms with E-state index in [0.29, 0.717) is 0 Å². The fraction of sp³-hybridized carbons (Fsp3) is 0. The van der Waals surface area contributed by atoms with Gasteiger partial charge in [-0.05, 0) is 95.4 Å².